The van der Waals surface area contributed by atoms with Crippen LogP contribution in [-0.2, 0) is 4.84 Å². The van der Waals surface area contributed by atoms with Crippen LogP contribution in [0.5, 0.6) is 0 Å². The van der Waals surface area contributed by atoms with Gasteiger partial charge in [0.2, 0.25) is 0 Å². The van der Waals surface area contributed by atoms with E-state index in [1.807, 2.05) is 33.8 Å². The molecular weight excluding hydrogens is 216 g/mol. The zero-order valence-corrected chi connectivity index (χ0v) is 10.8. The Morgan fingerprint density at radius 1 is 1.71 bits per heavy atom. The Labute approximate surface area is 102 Å². The Morgan fingerprint density at radius 3 is 3.12 bits per heavy atom. The number of aliphatic imine (C=N–C) groups is 1. The maximum Gasteiger partial charge on any atom is 0.130 e. The minimum Gasteiger partial charge on any atom is -0.370 e. The SMILES string of the molecule is C/C=N/O/C(C)=C/C1NC=NC(NCC)=C1C. The van der Waals surface area contributed by atoms with E-state index >= 15 is 0 Å². The summed E-state index contributed by atoms with van der Waals surface area (Å²) in [6, 6.07) is 0.0913. The van der Waals surface area contributed by atoms with Crippen LogP contribution >= 0.6 is 0 Å². The lowest BCUT2D eigenvalue weighted by Crippen LogP contribution is -2.33. The number of hydrogen-bond donors (Lipinski definition) is 2. The standard InChI is InChI=1S/C12H20N4O/c1-5-13-12-10(4)11(14-8-15-12)7-9(3)17-16-6-2/h6-8,11,13H,5H2,1-4H3,(H,14,15)/b9-7+,16-6+. The third-order valence-electron chi connectivity index (χ3n) is 2.34. The van der Waals surface area contributed by atoms with Gasteiger partial charge in [-0.1, -0.05) is 5.16 Å². The molecule has 0 saturated heterocycles. The molecule has 1 aliphatic rings. The Bertz CT molecular complexity index is 369. The average Bonchev–Trinajstić information content (AvgIpc) is 2.32. The van der Waals surface area contributed by atoms with Crippen LogP contribution in [0.3, 0.4) is 0 Å². The summed E-state index contributed by atoms with van der Waals surface area (Å²) in [4.78, 5) is 9.39. The molecule has 1 heterocycles. The molecule has 1 unspecified atom stereocenters. The van der Waals surface area contributed by atoms with Crippen LogP contribution in [0, 0.1) is 0 Å². The molecule has 2 N–H and O–H groups in total. The number of nitrogens with one attached hydrogen (secondary N) is 2. The van der Waals surface area contributed by atoms with Crippen LogP contribution in [0.25, 0.3) is 0 Å². The normalized spacial score (nSPS) is 20.7. The molecule has 0 saturated carbocycles. The van der Waals surface area contributed by atoms with E-state index in [0.29, 0.717) is 0 Å². The molecule has 5 nitrogen and oxygen atoms in total. The summed E-state index contributed by atoms with van der Waals surface area (Å²) in [7, 11) is 0. The van der Waals surface area contributed by atoms with Crippen LogP contribution in [0.4, 0.5) is 0 Å². The van der Waals surface area contributed by atoms with Gasteiger partial charge in [-0.05, 0) is 39.3 Å². The highest BCUT2D eigenvalue weighted by atomic mass is 16.6. The van der Waals surface area contributed by atoms with Crippen LogP contribution in [0.1, 0.15) is 27.7 Å². The van der Waals surface area contributed by atoms with Crippen molar-refractivity contribution in [1.82, 2.24) is 10.6 Å². The van der Waals surface area contributed by atoms with Crippen LogP contribution < -0.4 is 10.6 Å². The van der Waals surface area contributed by atoms with Gasteiger partial charge in [0, 0.05) is 12.8 Å². The molecule has 5 heteroatoms. The van der Waals surface area contributed by atoms with Gasteiger partial charge in [0.1, 0.15) is 11.6 Å². The second kappa shape index (κ2) is 6.73. The molecule has 0 spiro atoms. The minimum absolute atomic E-state index is 0.0913. The van der Waals surface area contributed by atoms with E-state index in [1.54, 1.807) is 12.6 Å². The van der Waals surface area contributed by atoms with E-state index in [0.717, 1.165) is 23.7 Å². The van der Waals surface area contributed by atoms with Gasteiger partial charge in [0.05, 0.1) is 12.4 Å². The van der Waals surface area contributed by atoms with Crippen LogP contribution in [-0.4, -0.2) is 25.1 Å². The fourth-order valence-electron chi connectivity index (χ4n) is 1.48. The van der Waals surface area contributed by atoms with Crippen molar-refractivity contribution < 1.29 is 4.84 Å². The molecule has 0 aliphatic carbocycles. The number of hydrogen-bond acceptors (Lipinski definition) is 5. The van der Waals surface area contributed by atoms with E-state index in [-0.39, 0.29) is 6.04 Å². The summed E-state index contributed by atoms with van der Waals surface area (Å²) < 4.78 is 0. The van der Waals surface area contributed by atoms with E-state index in [1.165, 1.54) is 0 Å². The van der Waals surface area contributed by atoms with Crippen molar-refractivity contribution in [2.45, 2.75) is 33.7 Å². The fraction of sp³-hybridized carbons (Fsp3) is 0.500. The van der Waals surface area contributed by atoms with E-state index in [4.69, 9.17) is 4.84 Å². The lowest BCUT2D eigenvalue weighted by molar-refractivity contribution is 0.229. The summed E-state index contributed by atoms with van der Waals surface area (Å²) in [5.41, 5.74) is 1.14. The van der Waals surface area contributed by atoms with Crippen molar-refractivity contribution in [3.8, 4) is 0 Å². The van der Waals surface area contributed by atoms with Crippen molar-refractivity contribution in [2.24, 2.45) is 10.1 Å². The lowest BCUT2D eigenvalue weighted by atomic mass is 10.1. The molecule has 1 atom stereocenters. The first-order valence-corrected chi connectivity index (χ1v) is 5.75. The molecule has 1 rings (SSSR count). The van der Waals surface area contributed by atoms with Gasteiger partial charge >= 0.3 is 0 Å². The molecule has 0 amide bonds. The van der Waals surface area contributed by atoms with Gasteiger partial charge in [-0.2, -0.15) is 0 Å². The van der Waals surface area contributed by atoms with Gasteiger partial charge < -0.3 is 15.5 Å². The number of rotatable bonds is 5. The summed E-state index contributed by atoms with van der Waals surface area (Å²) in [6.07, 6.45) is 5.28. The van der Waals surface area contributed by atoms with Crippen LogP contribution in [0.2, 0.25) is 0 Å². The zero-order valence-electron chi connectivity index (χ0n) is 10.8. The molecule has 1 aliphatic heterocycles. The maximum atomic E-state index is 5.14. The maximum absolute atomic E-state index is 5.14. The summed E-state index contributed by atoms with van der Waals surface area (Å²) >= 11 is 0. The molecule has 0 aromatic carbocycles. The monoisotopic (exact) mass is 236 g/mol. The molecule has 0 aromatic rings. The quantitative estimate of drug-likeness (QED) is 0.434. The van der Waals surface area contributed by atoms with Crippen LogP contribution in [0.15, 0.2) is 33.4 Å². The molecule has 94 valence electrons. The Kier molecular flexibility index (Phi) is 5.26. The van der Waals surface area contributed by atoms with Gasteiger partial charge in [-0.3, -0.25) is 0 Å². The summed E-state index contributed by atoms with van der Waals surface area (Å²) in [5, 5.41) is 10.1. The number of oxime groups is 1. The second-order valence-electron chi connectivity index (χ2n) is 3.70. The highest BCUT2D eigenvalue weighted by Crippen LogP contribution is 2.14. The zero-order chi connectivity index (χ0) is 12.7. The first-order chi connectivity index (χ1) is 8.19. The van der Waals surface area contributed by atoms with E-state index in [9.17, 15) is 0 Å². The molecule has 0 aromatic heterocycles. The molecule has 0 bridgehead atoms. The largest absolute Gasteiger partial charge is 0.370 e. The van der Waals surface area contributed by atoms with Gasteiger partial charge in [0.25, 0.3) is 0 Å². The number of nitrogens with zero attached hydrogens (tertiary/aromatic N) is 2. The molecule has 0 radical (unpaired) electrons. The van der Waals surface area contributed by atoms with Crippen molar-refractivity contribution >= 4 is 12.6 Å². The summed E-state index contributed by atoms with van der Waals surface area (Å²) in [5.74, 6) is 1.67. The Hall–Kier alpha value is -1.78. The molecule has 0 fully saturated rings. The molecule has 17 heavy (non-hydrogen) atoms. The number of allylic oxidation sites excluding steroid dienone is 1. The second-order valence-corrected chi connectivity index (χ2v) is 3.70. The van der Waals surface area contributed by atoms with Crippen molar-refractivity contribution in [3.05, 3.63) is 23.2 Å². The average molecular weight is 236 g/mol. The van der Waals surface area contributed by atoms with E-state index in [2.05, 4.69) is 20.8 Å². The van der Waals surface area contributed by atoms with Crippen molar-refractivity contribution in [2.75, 3.05) is 6.54 Å². The van der Waals surface area contributed by atoms with Gasteiger partial charge in [0.15, 0.2) is 0 Å². The lowest BCUT2D eigenvalue weighted by Gasteiger charge is -2.21. The third-order valence-corrected chi connectivity index (χ3v) is 2.34. The highest BCUT2D eigenvalue weighted by molar-refractivity contribution is 5.61. The fourth-order valence-corrected chi connectivity index (χ4v) is 1.48. The Morgan fingerprint density at radius 2 is 2.47 bits per heavy atom. The minimum atomic E-state index is 0.0913. The third kappa shape index (κ3) is 3.94. The predicted molar refractivity (Wildman–Crippen MR) is 70.8 cm³/mol. The van der Waals surface area contributed by atoms with Gasteiger partial charge in [-0.25, -0.2) is 4.99 Å². The predicted octanol–water partition coefficient (Wildman–Crippen LogP) is 1.75. The smallest absolute Gasteiger partial charge is 0.130 e. The Balaban J connectivity index is 2.75. The molecular formula is C12H20N4O. The first kappa shape index (κ1) is 13.3. The highest BCUT2D eigenvalue weighted by Gasteiger charge is 2.15. The van der Waals surface area contributed by atoms with Gasteiger partial charge in [-0.15, -0.1) is 0 Å². The van der Waals surface area contributed by atoms with E-state index < -0.39 is 0 Å². The van der Waals surface area contributed by atoms with Crippen molar-refractivity contribution in [3.63, 3.8) is 0 Å². The first-order valence-electron chi connectivity index (χ1n) is 5.75. The summed E-state index contributed by atoms with van der Waals surface area (Å²) in [6.45, 7) is 8.63. The van der Waals surface area contributed by atoms with Crippen molar-refractivity contribution in [1.29, 1.82) is 0 Å². The topological polar surface area (TPSA) is 58.0 Å².